The Morgan fingerprint density at radius 1 is 1.19 bits per heavy atom. The molecule has 0 heterocycles. The van der Waals surface area contributed by atoms with Gasteiger partial charge >= 0.3 is 0 Å². The number of benzene rings is 2. The number of nitro groups is 1. The molecule has 21 heavy (non-hydrogen) atoms. The molecule has 0 amide bonds. The van der Waals surface area contributed by atoms with Gasteiger partial charge in [0.15, 0.2) is 0 Å². The average Bonchev–Trinajstić information content (AvgIpc) is 2.46. The van der Waals surface area contributed by atoms with Crippen LogP contribution in [-0.4, -0.2) is 18.2 Å². The van der Waals surface area contributed by atoms with Gasteiger partial charge in [-0.3, -0.25) is 15.1 Å². The van der Waals surface area contributed by atoms with E-state index in [1.807, 2.05) is 0 Å². The molecule has 2 aromatic rings. The molecule has 0 N–H and O–H groups in total. The van der Waals surface area contributed by atoms with Crippen molar-refractivity contribution >= 4 is 40.8 Å². The van der Waals surface area contributed by atoms with Gasteiger partial charge in [-0.1, -0.05) is 23.2 Å². The summed E-state index contributed by atoms with van der Waals surface area (Å²) in [5.74, 6) is 0.566. The zero-order valence-electron chi connectivity index (χ0n) is 10.9. The van der Waals surface area contributed by atoms with Crippen molar-refractivity contribution in [3.63, 3.8) is 0 Å². The molecule has 0 radical (unpaired) electrons. The van der Waals surface area contributed by atoms with Gasteiger partial charge in [0, 0.05) is 12.3 Å². The SMILES string of the molecule is COc1ccc(C=Nc2ccc(Cl)c([N+](=O)[O-])c2)cc1Cl. The molecular weight excluding hydrogens is 315 g/mol. The summed E-state index contributed by atoms with van der Waals surface area (Å²) in [7, 11) is 1.53. The second-order valence-corrected chi connectivity index (χ2v) is 4.86. The third-order valence-electron chi connectivity index (χ3n) is 2.66. The highest BCUT2D eigenvalue weighted by molar-refractivity contribution is 6.33. The summed E-state index contributed by atoms with van der Waals surface area (Å²) in [5.41, 5.74) is 0.996. The summed E-state index contributed by atoms with van der Waals surface area (Å²) in [4.78, 5) is 14.4. The molecule has 0 bridgehead atoms. The van der Waals surface area contributed by atoms with Crippen molar-refractivity contribution in [2.75, 3.05) is 7.11 Å². The van der Waals surface area contributed by atoms with Crippen LogP contribution in [-0.2, 0) is 0 Å². The molecular formula is C14H10Cl2N2O3. The van der Waals surface area contributed by atoms with Crippen LogP contribution in [0.25, 0.3) is 0 Å². The maximum atomic E-state index is 10.8. The molecule has 0 saturated carbocycles. The second-order valence-electron chi connectivity index (χ2n) is 4.05. The van der Waals surface area contributed by atoms with Crippen molar-refractivity contribution in [2.24, 2.45) is 4.99 Å². The summed E-state index contributed by atoms with van der Waals surface area (Å²) in [5, 5.41) is 11.3. The minimum atomic E-state index is -0.550. The van der Waals surface area contributed by atoms with E-state index in [1.165, 1.54) is 19.2 Å². The molecule has 0 saturated heterocycles. The highest BCUT2D eigenvalue weighted by Crippen LogP contribution is 2.29. The van der Waals surface area contributed by atoms with E-state index in [4.69, 9.17) is 27.9 Å². The van der Waals surface area contributed by atoms with E-state index in [2.05, 4.69) is 4.99 Å². The lowest BCUT2D eigenvalue weighted by Crippen LogP contribution is -1.89. The number of hydrogen-bond donors (Lipinski definition) is 0. The van der Waals surface area contributed by atoms with E-state index in [0.29, 0.717) is 16.5 Å². The zero-order valence-corrected chi connectivity index (χ0v) is 12.4. The number of ether oxygens (including phenoxy) is 1. The Labute approximate surface area is 130 Å². The third-order valence-corrected chi connectivity index (χ3v) is 3.28. The lowest BCUT2D eigenvalue weighted by atomic mass is 10.2. The van der Waals surface area contributed by atoms with Gasteiger partial charge in [-0.05, 0) is 35.9 Å². The number of aliphatic imine (C=N–C) groups is 1. The fourth-order valence-corrected chi connectivity index (χ4v) is 2.09. The smallest absolute Gasteiger partial charge is 0.290 e. The molecule has 5 nitrogen and oxygen atoms in total. The number of hydrogen-bond acceptors (Lipinski definition) is 4. The van der Waals surface area contributed by atoms with E-state index >= 15 is 0 Å². The minimum absolute atomic E-state index is 0.0754. The van der Waals surface area contributed by atoms with Gasteiger partial charge in [-0.25, -0.2) is 0 Å². The summed E-state index contributed by atoms with van der Waals surface area (Å²) < 4.78 is 5.05. The maximum absolute atomic E-state index is 10.8. The van der Waals surface area contributed by atoms with Crippen LogP contribution in [0.2, 0.25) is 10.0 Å². The summed E-state index contributed by atoms with van der Waals surface area (Å²) in [6.07, 6.45) is 1.55. The molecule has 2 rings (SSSR count). The van der Waals surface area contributed by atoms with Crippen molar-refractivity contribution in [1.82, 2.24) is 0 Å². The Kier molecular flexibility index (Phi) is 4.77. The number of rotatable bonds is 4. The van der Waals surface area contributed by atoms with Gasteiger partial charge in [0.1, 0.15) is 10.8 Å². The normalized spacial score (nSPS) is 10.8. The van der Waals surface area contributed by atoms with Crippen LogP contribution in [0.15, 0.2) is 41.4 Å². The fraction of sp³-hybridized carbons (Fsp3) is 0.0714. The van der Waals surface area contributed by atoms with Crippen molar-refractivity contribution < 1.29 is 9.66 Å². The molecule has 0 unspecified atom stereocenters. The quantitative estimate of drug-likeness (QED) is 0.466. The molecule has 0 spiro atoms. The van der Waals surface area contributed by atoms with Crippen LogP contribution in [0, 0.1) is 10.1 Å². The Morgan fingerprint density at radius 3 is 2.57 bits per heavy atom. The molecule has 7 heteroatoms. The van der Waals surface area contributed by atoms with Crippen LogP contribution < -0.4 is 4.74 Å². The maximum Gasteiger partial charge on any atom is 0.290 e. The average molecular weight is 325 g/mol. The highest BCUT2D eigenvalue weighted by atomic mass is 35.5. The third kappa shape index (κ3) is 3.71. The summed E-state index contributed by atoms with van der Waals surface area (Å²) in [6.45, 7) is 0. The van der Waals surface area contributed by atoms with Crippen LogP contribution >= 0.6 is 23.2 Å². The summed E-state index contributed by atoms with van der Waals surface area (Å²) in [6, 6.07) is 9.52. The number of methoxy groups -OCH3 is 1. The standard InChI is InChI=1S/C14H10Cl2N2O3/c1-21-14-5-2-9(6-12(14)16)8-17-10-3-4-11(15)13(7-10)18(19)20/h2-8H,1H3. The molecule has 0 aliphatic heterocycles. The van der Waals surface area contributed by atoms with Crippen LogP contribution in [0.5, 0.6) is 5.75 Å². The molecule has 0 atom stereocenters. The van der Waals surface area contributed by atoms with Gasteiger partial charge in [0.25, 0.3) is 5.69 Å². The van der Waals surface area contributed by atoms with Gasteiger partial charge in [-0.2, -0.15) is 0 Å². The molecule has 0 aliphatic carbocycles. The number of halogens is 2. The fourth-order valence-electron chi connectivity index (χ4n) is 1.63. The molecule has 108 valence electrons. The molecule has 0 aliphatic rings. The van der Waals surface area contributed by atoms with Crippen molar-refractivity contribution in [2.45, 2.75) is 0 Å². The summed E-state index contributed by atoms with van der Waals surface area (Å²) >= 11 is 11.7. The molecule has 2 aromatic carbocycles. The predicted molar refractivity (Wildman–Crippen MR) is 83.4 cm³/mol. The molecule has 0 fully saturated rings. The number of nitrogens with zero attached hydrogens (tertiary/aromatic N) is 2. The predicted octanol–water partition coefficient (Wildman–Crippen LogP) is 4.66. The largest absolute Gasteiger partial charge is 0.495 e. The second kappa shape index (κ2) is 6.56. The van der Waals surface area contributed by atoms with E-state index in [0.717, 1.165) is 5.56 Å². The Balaban J connectivity index is 2.27. The Hall–Kier alpha value is -2.11. The van der Waals surface area contributed by atoms with Crippen molar-refractivity contribution in [3.05, 3.63) is 62.1 Å². The Bertz CT molecular complexity index is 717. The van der Waals surface area contributed by atoms with Gasteiger partial charge in [0.05, 0.1) is 22.7 Å². The first-order chi connectivity index (χ1) is 10.0. The van der Waals surface area contributed by atoms with Crippen LogP contribution in [0.3, 0.4) is 0 Å². The van der Waals surface area contributed by atoms with Crippen LogP contribution in [0.4, 0.5) is 11.4 Å². The lowest BCUT2D eigenvalue weighted by Gasteiger charge is -2.02. The van der Waals surface area contributed by atoms with Crippen molar-refractivity contribution in [3.8, 4) is 5.75 Å². The lowest BCUT2D eigenvalue weighted by molar-refractivity contribution is -0.384. The number of nitro benzene ring substituents is 1. The first-order valence-electron chi connectivity index (χ1n) is 5.83. The molecule has 0 aromatic heterocycles. The van der Waals surface area contributed by atoms with Gasteiger partial charge in [0.2, 0.25) is 0 Å². The van der Waals surface area contributed by atoms with Crippen LogP contribution in [0.1, 0.15) is 5.56 Å². The van der Waals surface area contributed by atoms with Crippen molar-refractivity contribution in [1.29, 1.82) is 0 Å². The monoisotopic (exact) mass is 324 g/mol. The van der Waals surface area contributed by atoms with E-state index in [-0.39, 0.29) is 10.7 Å². The topological polar surface area (TPSA) is 64.7 Å². The first-order valence-corrected chi connectivity index (χ1v) is 6.58. The Morgan fingerprint density at radius 2 is 1.95 bits per heavy atom. The van der Waals surface area contributed by atoms with Gasteiger partial charge < -0.3 is 4.74 Å². The zero-order chi connectivity index (χ0) is 15.4. The van der Waals surface area contributed by atoms with Gasteiger partial charge in [-0.15, -0.1) is 0 Å². The van der Waals surface area contributed by atoms with E-state index < -0.39 is 4.92 Å². The van der Waals surface area contributed by atoms with E-state index in [1.54, 1.807) is 30.5 Å². The van der Waals surface area contributed by atoms with E-state index in [9.17, 15) is 10.1 Å². The highest BCUT2D eigenvalue weighted by Gasteiger charge is 2.12. The first kappa shape index (κ1) is 15.3. The minimum Gasteiger partial charge on any atom is -0.495 e.